The summed E-state index contributed by atoms with van der Waals surface area (Å²) in [6.45, 7) is 4.31. The molecule has 2 nitrogen and oxygen atoms in total. The topological polar surface area (TPSA) is 25.8 Å². The van der Waals surface area contributed by atoms with Crippen LogP contribution < -0.4 is 0 Å². The highest BCUT2D eigenvalue weighted by Crippen LogP contribution is 2.39. The van der Waals surface area contributed by atoms with E-state index in [0.29, 0.717) is 0 Å². The highest BCUT2D eigenvalue weighted by molar-refractivity contribution is 7.98. The Labute approximate surface area is 156 Å². The summed E-state index contributed by atoms with van der Waals surface area (Å²) in [5.41, 5.74) is 6.41. The zero-order valence-electron chi connectivity index (χ0n) is 14.2. The van der Waals surface area contributed by atoms with Gasteiger partial charge in [-0.15, -0.1) is 23.1 Å². The van der Waals surface area contributed by atoms with Gasteiger partial charge in [0.25, 0.3) is 0 Å². The molecule has 0 aliphatic carbocycles. The highest BCUT2D eigenvalue weighted by Gasteiger charge is 2.14. The molecule has 0 amide bonds. The fourth-order valence-corrected chi connectivity index (χ4v) is 4.75. The van der Waals surface area contributed by atoms with E-state index >= 15 is 0 Å². The number of thioether (sulfide) groups is 1. The summed E-state index contributed by atoms with van der Waals surface area (Å²) in [5, 5.41) is 4.44. The first-order chi connectivity index (χ1) is 12.2. The minimum absolute atomic E-state index is 0.912. The lowest BCUT2D eigenvalue weighted by Gasteiger charge is -2.07. The number of nitrogens with zero attached hydrogens (tertiary/aromatic N) is 2. The van der Waals surface area contributed by atoms with E-state index in [9.17, 15) is 0 Å². The first kappa shape index (κ1) is 16.3. The second kappa shape index (κ2) is 6.98. The molecule has 2 heterocycles. The smallest absolute Gasteiger partial charge is 0.128 e. The summed E-state index contributed by atoms with van der Waals surface area (Å²) in [6.07, 6.45) is 1.68. The van der Waals surface area contributed by atoms with Crippen molar-refractivity contribution in [2.45, 2.75) is 24.6 Å². The van der Waals surface area contributed by atoms with Gasteiger partial charge in [-0.3, -0.25) is 0 Å². The Morgan fingerprint density at radius 2 is 1.80 bits per heavy atom. The van der Waals surface area contributed by atoms with E-state index in [1.165, 1.54) is 33.2 Å². The quantitative estimate of drug-likeness (QED) is 0.316. The molecule has 0 saturated heterocycles. The van der Waals surface area contributed by atoms with Crippen LogP contribution in [0.5, 0.6) is 0 Å². The lowest BCUT2D eigenvalue weighted by atomic mass is 10.0. The molecule has 4 aromatic rings. The molecule has 2 aromatic carbocycles. The van der Waals surface area contributed by atoms with Gasteiger partial charge in [0, 0.05) is 16.7 Å². The van der Waals surface area contributed by atoms with Crippen LogP contribution in [-0.4, -0.2) is 9.97 Å². The average Bonchev–Trinajstić information content (AvgIpc) is 3.08. The number of hydrogen-bond donors (Lipinski definition) is 0. The Bertz CT molecular complexity index is 1020. The first-order valence-corrected chi connectivity index (χ1v) is 10.1. The van der Waals surface area contributed by atoms with Crippen LogP contribution in [0.25, 0.3) is 21.3 Å². The molecule has 0 atom stereocenters. The third-order valence-electron chi connectivity index (χ3n) is 4.37. The van der Waals surface area contributed by atoms with Crippen LogP contribution in [0.2, 0.25) is 0 Å². The van der Waals surface area contributed by atoms with Gasteiger partial charge < -0.3 is 0 Å². The Balaban J connectivity index is 1.75. The van der Waals surface area contributed by atoms with Crippen molar-refractivity contribution in [1.29, 1.82) is 0 Å². The molecule has 0 fully saturated rings. The molecule has 2 aromatic heterocycles. The van der Waals surface area contributed by atoms with Crippen LogP contribution in [0.3, 0.4) is 0 Å². The predicted molar refractivity (Wildman–Crippen MR) is 108 cm³/mol. The predicted octanol–water partition coefficient (Wildman–Crippen LogP) is 6.27. The third kappa shape index (κ3) is 3.32. The Morgan fingerprint density at radius 1 is 0.960 bits per heavy atom. The van der Waals surface area contributed by atoms with Crippen LogP contribution in [0.15, 0.2) is 65.3 Å². The minimum Gasteiger partial charge on any atom is -0.229 e. The number of aryl methyl sites for hydroxylation is 2. The number of hydrogen-bond acceptors (Lipinski definition) is 4. The average molecular weight is 363 g/mol. The summed E-state index contributed by atoms with van der Waals surface area (Å²) in [7, 11) is 0. The Kier molecular flexibility index (Phi) is 4.55. The van der Waals surface area contributed by atoms with Crippen molar-refractivity contribution in [3.05, 3.63) is 76.9 Å². The molecule has 0 aliphatic rings. The second-order valence-electron chi connectivity index (χ2n) is 6.08. The number of rotatable bonds is 4. The molecule has 0 N–H and O–H groups in total. The molecule has 0 saturated carbocycles. The standard InChI is InChI=1S/C21H18N2S2/c1-14-8-9-17(10-15(14)2)18-12-25-21-19(18)20(22-13-23-21)24-11-16-6-4-3-5-7-16/h3-10,12-13H,11H2,1-2H3. The number of thiophene rings is 1. The molecule has 4 rings (SSSR count). The van der Waals surface area contributed by atoms with Gasteiger partial charge in [0.15, 0.2) is 0 Å². The van der Waals surface area contributed by atoms with E-state index in [1.807, 2.05) is 6.07 Å². The molecule has 0 bridgehead atoms. The first-order valence-electron chi connectivity index (χ1n) is 8.19. The molecule has 0 unspecified atom stereocenters. The molecule has 124 valence electrons. The number of aromatic nitrogens is 2. The van der Waals surface area contributed by atoms with Crippen molar-refractivity contribution in [3.8, 4) is 11.1 Å². The maximum atomic E-state index is 4.58. The summed E-state index contributed by atoms with van der Waals surface area (Å²) >= 11 is 3.47. The van der Waals surface area contributed by atoms with Crippen molar-refractivity contribution in [2.24, 2.45) is 0 Å². The molecule has 0 radical (unpaired) electrons. The van der Waals surface area contributed by atoms with Gasteiger partial charge in [-0.25, -0.2) is 9.97 Å². The molecular formula is C21H18N2S2. The van der Waals surface area contributed by atoms with E-state index in [2.05, 4.69) is 71.7 Å². The van der Waals surface area contributed by atoms with Crippen LogP contribution in [-0.2, 0) is 5.75 Å². The monoisotopic (exact) mass is 362 g/mol. The van der Waals surface area contributed by atoms with Crippen molar-refractivity contribution in [2.75, 3.05) is 0 Å². The van der Waals surface area contributed by atoms with E-state index in [0.717, 1.165) is 15.6 Å². The minimum atomic E-state index is 0.912. The molecule has 0 aliphatic heterocycles. The fourth-order valence-electron chi connectivity index (χ4n) is 2.80. The van der Waals surface area contributed by atoms with Gasteiger partial charge in [0.05, 0.1) is 5.39 Å². The summed E-state index contributed by atoms with van der Waals surface area (Å²) in [5.74, 6) is 0.912. The fraction of sp³-hybridized carbons (Fsp3) is 0.143. The van der Waals surface area contributed by atoms with Crippen LogP contribution in [0.4, 0.5) is 0 Å². The van der Waals surface area contributed by atoms with E-state index in [-0.39, 0.29) is 0 Å². The van der Waals surface area contributed by atoms with E-state index in [4.69, 9.17) is 0 Å². The van der Waals surface area contributed by atoms with Gasteiger partial charge in [-0.1, -0.05) is 48.5 Å². The zero-order chi connectivity index (χ0) is 17.2. The van der Waals surface area contributed by atoms with Crippen molar-refractivity contribution >= 4 is 33.3 Å². The van der Waals surface area contributed by atoms with Crippen molar-refractivity contribution in [3.63, 3.8) is 0 Å². The molecule has 4 heteroatoms. The van der Waals surface area contributed by atoms with Gasteiger partial charge in [0.2, 0.25) is 0 Å². The Hall–Kier alpha value is -2.17. The molecular weight excluding hydrogens is 344 g/mol. The maximum absolute atomic E-state index is 4.58. The van der Waals surface area contributed by atoms with Crippen LogP contribution in [0.1, 0.15) is 16.7 Å². The number of fused-ring (bicyclic) bond motifs is 1. The van der Waals surface area contributed by atoms with Crippen LogP contribution >= 0.6 is 23.1 Å². The largest absolute Gasteiger partial charge is 0.229 e. The summed E-state index contributed by atoms with van der Waals surface area (Å²) in [6, 6.07) is 17.2. The van der Waals surface area contributed by atoms with Crippen molar-refractivity contribution < 1.29 is 0 Å². The summed E-state index contributed by atoms with van der Waals surface area (Å²) in [4.78, 5) is 10.1. The summed E-state index contributed by atoms with van der Waals surface area (Å²) < 4.78 is 0. The normalized spacial score (nSPS) is 11.1. The third-order valence-corrected chi connectivity index (χ3v) is 6.32. The Morgan fingerprint density at radius 3 is 2.60 bits per heavy atom. The SMILES string of the molecule is Cc1ccc(-c2csc3ncnc(SCc4ccccc4)c23)cc1C. The zero-order valence-corrected chi connectivity index (χ0v) is 15.8. The van der Waals surface area contributed by atoms with E-state index < -0.39 is 0 Å². The van der Waals surface area contributed by atoms with E-state index in [1.54, 1.807) is 29.4 Å². The lowest BCUT2D eigenvalue weighted by molar-refractivity contribution is 1.11. The second-order valence-corrected chi connectivity index (χ2v) is 7.90. The maximum Gasteiger partial charge on any atom is 0.128 e. The van der Waals surface area contributed by atoms with Gasteiger partial charge in [-0.05, 0) is 36.1 Å². The van der Waals surface area contributed by atoms with Gasteiger partial charge >= 0.3 is 0 Å². The molecule has 0 spiro atoms. The number of benzene rings is 2. The van der Waals surface area contributed by atoms with Crippen LogP contribution in [0, 0.1) is 13.8 Å². The van der Waals surface area contributed by atoms with Crippen molar-refractivity contribution in [1.82, 2.24) is 9.97 Å². The lowest BCUT2D eigenvalue weighted by Crippen LogP contribution is -1.88. The molecule has 25 heavy (non-hydrogen) atoms. The van der Waals surface area contributed by atoms with Gasteiger partial charge in [0.1, 0.15) is 16.2 Å². The van der Waals surface area contributed by atoms with Gasteiger partial charge in [-0.2, -0.15) is 0 Å². The highest BCUT2D eigenvalue weighted by atomic mass is 32.2.